The molecule has 0 aliphatic carbocycles. The van der Waals surface area contributed by atoms with Gasteiger partial charge in [-0.25, -0.2) is 0 Å². The van der Waals surface area contributed by atoms with Crippen molar-refractivity contribution in [1.29, 1.82) is 0 Å². The number of hydrogen-bond acceptors (Lipinski definition) is 2. The van der Waals surface area contributed by atoms with Crippen molar-refractivity contribution in [2.24, 2.45) is 5.92 Å². The minimum absolute atomic E-state index is 0.201. The molecule has 0 aromatic heterocycles. The van der Waals surface area contributed by atoms with Gasteiger partial charge in [-0.15, -0.1) is 0 Å². The second kappa shape index (κ2) is 5.79. The number of para-hydroxylation sites is 1. The lowest BCUT2D eigenvalue weighted by molar-refractivity contribution is 0.374. The highest BCUT2D eigenvalue weighted by Gasteiger charge is 2.09. The van der Waals surface area contributed by atoms with E-state index in [4.69, 9.17) is 4.74 Å². The maximum Gasteiger partial charge on any atom is 0.165 e. The Labute approximate surface area is 114 Å². The standard InChI is InChI=1S/C17H20O2/c1-12(2)10-13-6-4-7-14(11-13)15-8-5-9-16(19-3)17(15)18/h4-9,11-12,18H,10H2,1-3H3. The van der Waals surface area contributed by atoms with Gasteiger partial charge < -0.3 is 9.84 Å². The second-order valence-corrected chi connectivity index (χ2v) is 5.15. The van der Waals surface area contributed by atoms with Crippen LogP contribution in [0.2, 0.25) is 0 Å². The van der Waals surface area contributed by atoms with Crippen molar-refractivity contribution in [1.82, 2.24) is 0 Å². The summed E-state index contributed by atoms with van der Waals surface area (Å²) in [7, 11) is 1.56. The van der Waals surface area contributed by atoms with E-state index in [0.717, 1.165) is 17.5 Å². The van der Waals surface area contributed by atoms with Crippen LogP contribution in [-0.2, 0) is 6.42 Å². The Balaban J connectivity index is 2.42. The molecule has 2 aromatic rings. The maximum absolute atomic E-state index is 10.2. The van der Waals surface area contributed by atoms with Crippen LogP contribution >= 0.6 is 0 Å². The summed E-state index contributed by atoms with van der Waals surface area (Å²) >= 11 is 0. The molecule has 0 heterocycles. The van der Waals surface area contributed by atoms with Gasteiger partial charge in [0.25, 0.3) is 0 Å². The number of methoxy groups -OCH3 is 1. The lowest BCUT2D eigenvalue weighted by atomic mass is 9.97. The molecule has 19 heavy (non-hydrogen) atoms. The molecule has 0 unspecified atom stereocenters. The van der Waals surface area contributed by atoms with Gasteiger partial charge >= 0.3 is 0 Å². The van der Waals surface area contributed by atoms with E-state index < -0.39 is 0 Å². The number of hydrogen-bond donors (Lipinski definition) is 1. The summed E-state index contributed by atoms with van der Waals surface area (Å²) in [6, 6.07) is 13.9. The van der Waals surface area contributed by atoms with Crippen LogP contribution in [0, 0.1) is 5.92 Å². The predicted octanol–water partition coefficient (Wildman–Crippen LogP) is 4.27. The molecule has 1 N–H and O–H groups in total. The Kier molecular flexibility index (Phi) is 4.10. The lowest BCUT2D eigenvalue weighted by Gasteiger charge is -2.11. The van der Waals surface area contributed by atoms with Gasteiger partial charge in [-0.2, -0.15) is 0 Å². The third-order valence-corrected chi connectivity index (χ3v) is 3.10. The van der Waals surface area contributed by atoms with Crippen LogP contribution in [0.1, 0.15) is 19.4 Å². The summed E-state index contributed by atoms with van der Waals surface area (Å²) in [4.78, 5) is 0. The van der Waals surface area contributed by atoms with Crippen molar-refractivity contribution in [3.63, 3.8) is 0 Å². The number of ether oxygens (including phenoxy) is 1. The first-order valence-electron chi connectivity index (χ1n) is 6.57. The van der Waals surface area contributed by atoms with Crippen LogP contribution in [0.25, 0.3) is 11.1 Å². The zero-order chi connectivity index (χ0) is 13.8. The van der Waals surface area contributed by atoms with Crippen LogP contribution in [0.3, 0.4) is 0 Å². The first kappa shape index (κ1) is 13.5. The first-order chi connectivity index (χ1) is 9.11. The van der Waals surface area contributed by atoms with E-state index in [1.165, 1.54) is 5.56 Å². The summed E-state index contributed by atoms with van der Waals surface area (Å²) in [5.41, 5.74) is 3.12. The maximum atomic E-state index is 10.2. The fraction of sp³-hybridized carbons (Fsp3) is 0.294. The molecule has 0 saturated carbocycles. The monoisotopic (exact) mass is 256 g/mol. The zero-order valence-electron chi connectivity index (χ0n) is 11.7. The highest BCUT2D eigenvalue weighted by molar-refractivity contribution is 5.73. The molecule has 0 fully saturated rings. The number of phenols is 1. The first-order valence-corrected chi connectivity index (χ1v) is 6.57. The topological polar surface area (TPSA) is 29.5 Å². The highest BCUT2D eigenvalue weighted by atomic mass is 16.5. The van der Waals surface area contributed by atoms with Crippen LogP contribution in [0.5, 0.6) is 11.5 Å². The van der Waals surface area contributed by atoms with Crippen molar-refractivity contribution >= 4 is 0 Å². The predicted molar refractivity (Wildman–Crippen MR) is 78.6 cm³/mol. The Morgan fingerprint density at radius 2 is 1.84 bits per heavy atom. The Bertz CT molecular complexity index is 559. The molecule has 0 bridgehead atoms. The van der Waals surface area contributed by atoms with Gasteiger partial charge in [0.1, 0.15) is 0 Å². The molecule has 0 aliphatic heterocycles. The van der Waals surface area contributed by atoms with E-state index in [0.29, 0.717) is 11.7 Å². The van der Waals surface area contributed by atoms with Crippen molar-refractivity contribution in [2.45, 2.75) is 20.3 Å². The molecule has 2 rings (SSSR count). The van der Waals surface area contributed by atoms with Crippen molar-refractivity contribution in [3.8, 4) is 22.6 Å². The number of phenolic OH excluding ortho intramolecular Hbond substituents is 1. The quantitative estimate of drug-likeness (QED) is 0.885. The average Bonchev–Trinajstić information content (AvgIpc) is 2.38. The number of benzene rings is 2. The third kappa shape index (κ3) is 3.08. The third-order valence-electron chi connectivity index (χ3n) is 3.10. The molecule has 0 atom stereocenters. The van der Waals surface area contributed by atoms with E-state index in [2.05, 4.69) is 26.0 Å². The Hall–Kier alpha value is -1.96. The van der Waals surface area contributed by atoms with Crippen LogP contribution in [0.15, 0.2) is 42.5 Å². The summed E-state index contributed by atoms with van der Waals surface area (Å²) in [5.74, 6) is 1.33. The summed E-state index contributed by atoms with van der Waals surface area (Å²) in [6.07, 6.45) is 1.04. The largest absolute Gasteiger partial charge is 0.504 e. The average molecular weight is 256 g/mol. The van der Waals surface area contributed by atoms with E-state index in [-0.39, 0.29) is 5.75 Å². The van der Waals surface area contributed by atoms with Gasteiger partial charge in [-0.05, 0) is 29.5 Å². The van der Waals surface area contributed by atoms with Crippen LogP contribution < -0.4 is 4.74 Å². The normalized spacial score (nSPS) is 10.7. The minimum Gasteiger partial charge on any atom is -0.504 e. The smallest absolute Gasteiger partial charge is 0.165 e. The molecule has 2 nitrogen and oxygen atoms in total. The fourth-order valence-corrected chi connectivity index (χ4v) is 2.26. The highest BCUT2D eigenvalue weighted by Crippen LogP contribution is 2.37. The molecule has 100 valence electrons. The minimum atomic E-state index is 0.201. The molecular formula is C17H20O2. The molecular weight excluding hydrogens is 236 g/mol. The molecule has 0 radical (unpaired) electrons. The molecule has 0 spiro atoms. The zero-order valence-corrected chi connectivity index (χ0v) is 11.7. The van der Waals surface area contributed by atoms with Gasteiger partial charge in [-0.1, -0.05) is 50.2 Å². The van der Waals surface area contributed by atoms with Gasteiger partial charge in [0, 0.05) is 5.56 Å². The molecule has 0 saturated heterocycles. The van der Waals surface area contributed by atoms with Gasteiger partial charge in [0.05, 0.1) is 7.11 Å². The molecule has 2 aromatic carbocycles. The molecule has 0 amide bonds. The number of aromatic hydroxyl groups is 1. The van der Waals surface area contributed by atoms with Crippen molar-refractivity contribution in [2.75, 3.05) is 7.11 Å². The summed E-state index contributed by atoms with van der Waals surface area (Å²) in [6.45, 7) is 4.41. The van der Waals surface area contributed by atoms with E-state index >= 15 is 0 Å². The second-order valence-electron chi connectivity index (χ2n) is 5.15. The van der Waals surface area contributed by atoms with Crippen molar-refractivity contribution in [3.05, 3.63) is 48.0 Å². The van der Waals surface area contributed by atoms with Crippen LogP contribution in [-0.4, -0.2) is 12.2 Å². The molecule has 2 heteroatoms. The van der Waals surface area contributed by atoms with Gasteiger partial charge in [-0.3, -0.25) is 0 Å². The summed E-state index contributed by atoms with van der Waals surface area (Å²) in [5, 5.41) is 10.2. The van der Waals surface area contributed by atoms with E-state index in [1.54, 1.807) is 13.2 Å². The Morgan fingerprint density at radius 1 is 1.11 bits per heavy atom. The Morgan fingerprint density at radius 3 is 2.53 bits per heavy atom. The van der Waals surface area contributed by atoms with Crippen molar-refractivity contribution < 1.29 is 9.84 Å². The van der Waals surface area contributed by atoms with E-state index in [9.17, 15) is 5.11 Å². The molecule has 0 aliphatic rings. The van der Waals surface area contributed by atoms with Gasteiger partial charge in [0.15, 0.2) is 11.5 Å². The summed E-state index contributed by atoms with van der Waals surface area (Å²) < 4.78 is 5.15. The number of rotatable bonds is 4. The van der Waals surface area contributed by atoms with E-state index in [1.807, 2.05) is 24.3 Å². The lowest BCUT2D eigenvalue weighted by Crippen LogP contribution is -1.94. The fourth-order valence-electron chi connectivity index (χ4n) is 2.26. The van der Waals surface area contributed by atoms with Gasteiger partial charge in [0.2, 0.25) is 0 Å². The van der Waals surface area contributed by atoms with Crippen LogP contribution in [0.4, 0.5) is 0 Å². The SMILES string of the molecule is COc1cccc(-c2cccc(CC(C)C)c2)c1O.